The topological polar surface area (TPSA) is 34.1 Å². The van der Waals surface area contributed by atoms with E-state index in [0.717, 1.165) is 24.4 Å². The van der Waals surface area contributed by atoms with E-state index in [0.29, 0.717) is 5.88 Å². The van der Waals surface area contributed by atoms with Gasteiger partial charge >= 0.3 is 0 Å². The maximum atomic E-state index is 5.14. The molecular formula is C14H20N2O. The zero-order valence-corrected chi connectivity index (χ0v) is 10.4. The quantitative estimate of drug-likeness (QED) is 0.865. The molecule has 0 amide bonds. The molecule has 2 aliphatic rings. The molecule has 3 rings (SSSR count). The van der Waals surface area contributed by atoms with Crippen LogP contribution in [-0.4, -0.2) is 18.1 Å². The first kappa shape index (κ1) is 11.0. The predicted octanol–water partition coefficient (Wildman–Crippen LogP) is 2.37. The Balaban J connectivity index is 1.56. The van der Waals surface area contributed by atoms with Gasteiger partial charge < -0.3 is 10.1 Å². The van der Waals surface area contributed by atoms with Crippen LogP contribution in [0, 0.1) is 11.8 Å². The van der Waals surface area contributed by atoms with Gasteiger partial charge in [0.05, 0.1) is 7.11 Å². The molecule has 2 saturated carbocycles. The molecule has 0 aromatic carbocycles. The normalized spacial score (nSPS) is 30.8. The third-order valence-corrected chi connectivity index (χ3v) is 4.31. The first-order valence-electron chi connectivity index (χ1n) is 6.57. The van der Waals surface area contributed by atoms with Gasteiger partial charge in [0, 0.05) is 24.8 Å². The Hall–Kier alpha value is -1.09. The van der Waals surface area contributed by atoms with Gasteiger partial charge in [0.25, 0.3) is 0 Å². The highest BCUT2D eigenvalue weighted by Gasteiger charge is 2.38. The van der Waals surface area contributed by atoms with Crippen molar-refractivity contribution in [2.45, 2.75) is 38.3 Å². The van der Waals surface area contributed by atoms with Crippen LogP contribution < -0.4 is 10.1 Å². The molecule has 0 spiro atoms. The van der Waals surface area contributed by atoms with Gasteiger partial charge in [-0.25, -0.2) is 4.98 Å². The Morgan fingerprint density at radius 3 is 3.06 bits per heavy atom. The molecule has 17 heavy (non-hydrogen) atoms. The number of hydrogen-bond acceptors (Lipinski definition) is 3. The Kier molecular flexibility index (Phi) is 3.02. The van der Waals surface area contributed by atoms with Crippen LogP contribution >= 0.6 is 0 Å². The number of nitrogens with zero attached hydrogens (tertiary/aromatic N) is 1. The fraction of sp³-hybridized carbons (Fsp3) is 0.643. The van der Waals surface area contributed by atoms with Gasteiger partial charge in [-0.15, -0.1) is 0 Å². The first-order chi connectivity index (χ1) is 8.35. The van der Waals surface area contributed by atoms with Crippen LogP contribution in [0.1, 0.15) is 31.2 Å². The lowest BCUT2D eigenvalue weighted by Gasteiger charge is -2.23. The summed E-state index contributed by atoms with van der Waals surface area (Å²) in [6.45, 7) is 0.937. The highest BCUT2D eigenvalue weighted by Crippen LogP contribution is 2.44. The molecule has 1 aromatic heterocycles. The van der Waals surface area contributed by atoms with E-state index >= 15 is 0 Å². The molecule has 0 saturated heterocycles. The van der Waals surface area contributed by atoms with E-state index in [1.165, 1.54) is 31.2 Å². The summed E-state index contributed by atoms with van der Waals surface area (Å²) >= 11 is 0. The van der Waals surface area contributed by atoms with Gasteiger partial charge in [-0.3, -0.25) is 0 Å². The van der Waals surface area contributed by atoms with E-state index in [-0.39, 0.29) is 0 Å². The predicted molar refractivity (Wildman–Crippen MR) is 66.9 cm³/mol. The lowest BCUT2D eigenvalue weighted by molar-refractivity contribution is 0.350. The van der Waals surface area contributed by atoms with Crippen LogP contribution in [0.15, 0.2) is 18.3 Å². The molecule has 0 aliphatic heterocycles. The SMILES string of the molecule is COc1cc(CNC2CC3CCC2C3)ccn1. The number of hydrogen-bond donors (Lipinski definition) is 1. The van der Waals surface area contributed by atoms with Gasteiger partial charge in [-0.2, -0.15) is 0 Å². The number of rotatable bonds is 4. The minimum Gasteiger partial charge on any atom is -0.481 e. The van der Waals surface area contributed by atoms with Crippen molar-refractivity contribution in [2.75, 3.05) is 7.11 Å². The number of methoxy groups -OCH3 is 1. The van der Waals surface area contributed by atoms with Gasteiger partial charge in [0.1, 0.15) is 0 Å². The summed E-state index contributed by atoms with van der Waals surface area (Å²) in [7, 11) is 1.66. The lowest BCUT2D eigenvalue weighted by Crippen LogP contribution is -2.33. The Labute approximate surface area is 103 Å². The van der Waals surface area contributed by atoms with Crippen molar-refractivity contribution in [3.05, 3.63) is 23.9 Å². The van der Waals surface area contributed by atoms with Gasteiger partial charge in [-0.1, -0.05) is 6.42 Å². The third kappa shape index (κ3) is 2.29. The average molecular weight is 232 g/mol. The molecule has 1 aromatic rings. The summed E-state index contributed by atoms with van der Waals surface area (Å²) in [4.78, 5) is 4.13. The van der Waals surface area contributed by atoms with Crippen LogP contribution in [0.3, 0.4) is 0 Å². The fourth-order valence-electron chi connectivity index (χ4n) is 3.42. The largest absolute Gasteiger partial charge is 0.481 e. The minimum atomic E-state index is 0.706. The number of fused-ring (bicyclic) bond motifs is 2. The first-order valence-corrected chi connectivity index (χ1v) is 6.57. The van der Waals surface area contributed by atoms with Crippen molar-refractivity contribution >= 4 is 0 Å². The fourth-order valence-corrected chi connectivity index (χ4v) is 3.42. The smallest absolute Gasteiger partial charge is 0.213 e. The Morgan fingerprint density at radius 1 is 1.41 bits per heavy atom. The molecule has 0 radical (unpaired) electrons. The van der Waals surface area contributed by atoms with Gasteiger partial charge in [0.15, 0.2) is 0 Å². The average Bonchev–Trinajstić information content (AvgIpc) is 2.99. The molecule has 1 N–H and O–H groups in total. The van der Waals surface area contributed by atoms with Crippen molar-refractivity contribution in [3.63, 3.8) is 0 Å². The Morgan fingerprint density at radius 2 is 2.35 bits per heavy atom. The molecule has 3 heteroatoms. The van der Waals surface area contributed by atoms with Crippen molar-refractivity contribution < 1.29 is 4.74 Å². The third-order valence-electron chi connectivity index (χ3n) is 4.31. The van der Waals surface area contributed by atoms with Crippen molar-refractivity contribution in [1.29, 1.82) is 0 Å². The summed E-state index contributed by atoms with van der Waals surface area (Å²) in [6, 6.07) is 4.82. The second-order valence-corrected chi connectivity index (χ2v) is 5.37. The molecule has 1 heterocycles. The number of ether oxygens (including phenoxy) is 1. The van der Waals surface area contributed by atoms with Crippen LogP contribution in [0.25, 0.3) is 0 Å². The van der Waals surface area contributed by atoms with Gasteiger partial charge in [-0.05, 0) is 42.7 Å². The molecular weight excluding hydrogens is 212 g/mol. The molecule has 3 unspecified atom stereocenters. The minimum absolute atomic E-state index is 0.706. The highest BCUT2D eigenvalue weighted by molar-refractivity contribution is 5.20. The monoisotopic (exact) mass is 232 g/mol. The van der Waals surface area contributed by atoms with E-state index in [9.17, 15) is 0 Å². The second kappa shape index (κ2) is 4.65. The maximum absolute atomic E-state index is 5.14. The van der Waals surface area contributed by atoms with Gasteiger partial charge in [0.2, 0.25) is 5.88 Å². The molecule has 92 valence electrons. The van der Waals surface area contributed by atoms with E-state index in [2.05, 4.69) is 16.4 Å². The molecule has 2 aliphatic carbocycles. The van der Waals surface area contributed by atoms with Crippen LogP contribution in [0.2, 0.25) is 0 Å². The summed E-state index contributed by atoms with van der Waals surface area (Å²) in [6.07, 6.45) is 7.55. The lowest BCUT2D eigenvalue weighted by atomic mass is 9.95. The van der Waals surface area contributed by atoms with Crippen LogP contribution in [-0.2, 0) is 6.54 Å². The zero-order chi connectivity index (χ0) is 11.7. The van der Waals surface area contributed by atoms with Crippen molar-refractivity contribution in [1.82, 2.24) is 10.3 Å². The van der Waals surface area contributed by atoms with Crippen molar-refractivity contribution in [3.8, 4) is 5.88 Å². The van der Waals surface area contributed by atoms with Crippen molar-refractivity contribution in [2.24, 2.45) is 11.8 Å². The van der Waals surface area contributed by atoms with Crippen LogP contribution in [0.5, 0.6) is 5.88 Å². The molecule has 2 fully saturated rings. The van der Waals surface area contributed by atoms with E-state index in [4.69, 9.17) is 4.74 Å². The maximum Gasteiger partial charge on any atom is 0.213 e. The van der Waals surface area contributed by atoms with E-state index < -0.39 is 0 Å². The summed E-state index contributed by atoms with van der Waals surface area (Å²) < 4.78 is 5.14. The Bertz CT molecular complexity index is 394. The second-order valence-electron chi connectivity index (χ2n) is 5.37. The summed E-state index contributed by atoms with van der Waals surface area (Å²) in [5.41, 5.74) is 1.26. The molecule has 2 bridgehead atoms. The molecule has 3 nitrogen and oxygen atoms in total. The number of aromatic nitrogens is 1. The number of nitrogens with one attached hydrogen (secondary N) is 1. The zero-order valence-electron chi connectivity index (χ0n) is 10.4. The number of pyridine rings is 1. The standard InChI is InChI=1S/C14H20N2O/c1-17-14-8-11(4-5-15-14)9-16-13-7-10-2-3-12(13)6-10/h4-5,8,10,12-13,16H,2-3,6-7,9H2,1H3. The molecule has 3 atom stereocenters. The summed E-state index contributed by atoms with van der Waals surface area (Å²) in [5, 5.41) is 3.70. The van der Waals surface area contributed by atoms with E-state index in [1.54, 1.807) is 7.11 Å². The highest BCUT2D eigenvalue weighted by atomic mass is 16.5. The van der Waals surface area contributed by atoms with Crippen LogP contribution in [0.4, 0.5) is 0 Å². The van der Waals surface area contributed by atoms with E-state index in [1.807, 2.05) is 12.3 Å². The summed E-state index contributed by atoms with van der Waals surface area (Å²) in [5.74, 6) is 2.64.